The van der Waals surface area contributed by atoms with Crippen LogP contribution in [0.5, 0.6) is 0 Å². The van der Waals surface area contributed by atoms with E-state index in [1.54, 1.807) is 0 Å². The predicted molar refractivity (Wildman–Crippen MR) is 71.0 cm³/mol. The smallest absolute Gasteiger partial charge is 0.121 e. The number of nitrogen functional groups attached to an aromatic ring is 1. The number of hydrogen-bond donors (Lipinski definition) is 3. The Hall–Kier alpha value is -1.59. The summed E-state index contributed by atoms with van der Waals surface area (Å²) in [6.07, 6.45) is 0.820. The molecule has 0 aliphatic carbocycles. The van der Waals surface area contributed by atoms with Gasteiger partial charge in [0.1, 0.15) is 5.82 Å². The van der Waals surface area contributed by atoms with E-state index in [4.69, 9.17) is 5.73 Å². The van der Waals surface area contributed by atoms with Crippen molar-refractivity contribution < 1.29 is 5.11 Å². The molecular formula is C13H18N4O. The largest absolute Gasteiger partial charge is 0.399 e. The van der Waals surface area contributed by atoms with Crippen molar-refractivity contribution in [3.05, 3.63) is 24.0 Å². The van der Waals surface area contributed by atoms with E-state index in [0.29, 0.717) is 6.54 Å². The molecule has 0 amide bonds. The molecule has 1 aromatic carbocycles. The van der Waals surface area contributed by atoms with Crippen molar-refractivity contribution in [2.45, 2.75) is 25.5 Å². The van der Waals surface area contributed by atoms with Crippen LogP contribution < -0.4 is 5.73 Å². The molecule has 96 valence electrons. The Morgan fingerprint density at radius 2 is 2.39 bits per heavy atom. The summed E-state index contributed by atoms with van der Waals surface area (Å²) in [5.41, 5.74) is 7.82. The quantitative estimate of drug-likeness (QED) is 0.693. The number of nitrogens with one attached hydrogen (secondary N) is 1. The number of β-amino-alcohol motifs (C(OH)–C–C–N with tert-alkyl or cyclic N) is 1. The van der Waals surface area contributed by atoms with E-state index in [-0.39, 0.29) is 0 Å². The second kappa shape index (κ2) is 3.96. The third kappa shape index (κ3) is 2.19. The molecule has 1 unspecified atom stereocenters. The number of aromatic nitrogens is 2. The van der Waals surface area contributed by atoms with Gasteiger partial charge in [0.25, 0.3) is 0 Å². The maximum atomic E-state index is 9.93. The third-order valence-electron chi connectivity index (χ3n) is 3.46. The van der Waals surface area contributed by atoms with Crippen LogP contribution in [-0.2, 0) is 6.54 Å². The molecule has 2 aromatic rings. The van der Waals surface area contributed by atoms with Gasteiger partial charge in [-0.15, -0.1) is 0 Å². The number of benzene rings is 1. The number of H-pyrrole nitrogens is 1. The van der Waals surface area contributed by atoms with Crippen LogP contribution in [0.15, 0.2) is 18.2 Å². The maximum absolute atomic E-state index is 9.93. The van der Waals surface area contributed by atoms with Gasteiger partial charge < -0.3 is 15.8 Å². The number of aromatic amines is 1. The van der Waals surface area contributed by atoms with E-state index in [0.717, 1.165) is 42.1 Å². The molecule has 4 N–H and O–H groups in total. The van der Waals surface area contributed by atoms with E-state index in [1.807, 2.05) is 25.1 Å². The van der Waals surface area contributed by atoms with Crippen LogP contribution in [0.1, 0.15) is 19.2 Å². The Morgan fingerprint density at radius 1 is 1.56 bits per heavy atom. The number of likely N-dealkylation sites (tertiary alicyclic amines) is 1. The number of imidazole rings is 1. The monoisotopic (exact) mass is 246 g/mol. The van der Waals surface area contributed by atoms with Crippen LogP contribution in [0.2, 0.25) is 0 Å². The van der Waals surface area contributed by atoms with Crippen LogP contribution in [0.25, 0.3) is 11.0 Å². The number of nitrogens with two attached hydrogens (primary N) is 1. The van der Waals surface area contributed by atoms with Crippen LogP contribution in [-0.4, -0.2) is 38.7 Å². The fourth-order valence-corrected chi connectivity index (χ4v) is 2.54. The predicted octanol–water partition coefficient (Wildman–Crippen LogP) is 1.10. The highest BCUT2D eigenvalue weighted by atomic mass is 16.3. The highest BCUT2D eigenvalue weighted by Crippen LogP contribution is 2.22. The van der Waals surface area contributed by atoms with E-state index in [2.05, 4.69) is 14.9 Å². The molecule has 2 heterocycles. The van der Waals surface area contributed by atoms with Gasteiger partial charge in [0.05, 0.1) is 23.2 Å². The van der Waals surface area contributed by atoms with E-state index in [9.17, 15) is 5.11 Å². The lowest BCUT2D eigenvalue weighted by Gasteiger charge is -2.17. The SMILES string of the molecule is CC1(O)CCN(Cc2nc3ccc(N)cc3[nH]2)C1. The minimum atomic E-state index is -0.559. The van der Waals surface area contributed by atoms with E-state index < -0.39 is 5.60 Å². The van der Waals surface area contributed by atoms with Gasteiger partial charge in [0, 0.05) is 18.8 Å². The minimum Gasteiger partial charge on any atom is -0.399 e. The lowest BCUT2D eigenvalue weighted by molar-refractivity contribution is 0.0676. The molecule has 1 saturated heterocycles. The van der Waals surface area contributed by atoms with Crippen molar-refractivity contribution in [2.75, 3.05) is 18.8 Å². The summed E-state index contributed by atoms with van der Waals surface area (Å²) in [6, 6.07) is 5.67. The zero-order chi connectivity index (χ0) is 12.8. The molecule has 1 aromatic heterocycles. The molecule has 18 heavy (non-hydrogen) atoms. The lowest BCUT2D eigenvalue weighted by Crippen LogP contribution is -2.29. The van der Waals surface area contributed by atoms with Gasteiger partial charge in [-0.2, -0.15) is 0 Å². The summed E-state index contributed by atoms with van der Waals surface area (Å²) >= 11 is 0. The normalized spacial score (nSPS) is 25.0. The van der Waals surface area contributed by atoms with Gasteiger partial charge in [0.15, 0.2) is 0 Å². The fourth-order valence-electron chi connectivity index (χ4n) is 2.54. The Bertz CT molecular complexity index is 575. The van der Waals surface area contributed by atoms with Crippen molar-refractivity contribution >= 4 is 16.7 Å². The van der Waals surface area contributed by atoms with E-state index >= 15 is 0 Å². The topological polar surface area (TPSA) is 78.2 Å². The zero-order valence-electron chi connectivity index (χ0n) is 10.5. The Kier molecular flexibility index (Phi) is 2.53. The number of aliphatic hydroxyl groups is 1. The Morgan fingerprint density at radius 3 is 3.11 bits per heavy atom. The number of anilines is 1. The van der Waals surface area contributed by atoms with Crippen molar-refractivity contribution in [2.24, 2.45) is 0 Å². The summed E-state index contributed by atoms with van der Waals surface area (Å²) in [5, 5.41) is 9.93. The maximum Gasteiger partial charge on any atom is 0.121 e. The molecular weight excluding hydrogens is 228 g/mol. The molecule has 0 spiro atoms. The second-order valence-corrected chi connectivity index (χ2v) is 5.42. The molecule has 0 bridgehead atoms. The second-order valence-electron chi connectivity index (χ2n) is 5.42. The highest BCUT2D eigenvalue weighted by Gasteiger charge is 2.31. The average Bonchev–Trinajstić information content (AvgIpc) is 2.81. The van der Waals surface area contributed by atoms with Crippen LogP contribution in [0.3, 0.4) is 0 Å². The van der Waals surface area contributed by atoms with Crippen LogP contribution in [0.4, 0.5) is 5.69 Å². The summed E-state index contributed by atoms with van der Waals surface area (Å²) in [4.78, 5) is 10.0. The number of fused-ring (bicyclic) bond motifs is 1. The first-order valence-electron chi connectivity index (χ1n) is 6.21. The van der Waals surface area contributed by atoms with Crippen molar-refractivity contribution in [3.8, 4) is 0 Å². The van der Waals surface area contributed by atoms with Crippen LogP contribution >= 0.6 is 0 Å². The summed E-state index contributed by atoms with van der Waals surface area (Å²) in [6.45, 7) is 4.23. The van der Waals surface area contributed by atoms with Gasteiger partial charge in [-0.3, -0.25) is 4.90 Å². The van der Waals surface area contributed by atoms with Crippen molar-refractivity contribution in [1.82, 2.24) is 14.9 Å². The number of rotatable bonds is 2. The average molecular weight is 246 g/mol. The standard InChI is InChI=1S/C13H18N4O/c1-13(18)4-5-17(8-13)7-12-15-10-3-2-9(14)6-11(10)16-12/h2-3,6,18H,4-5,7-8,14H2,1H3,(H,15,16). The summed E-state index contributed by atoms with van der Waals surface area (Å²) < 4.78 is 0. The fraction of sp³-hybridized carbons (Fsp3) is 0.462. The Balaban J connectivity index is 1.79. The molecule has 1 aliphatic rings. The van der Waals surface area contributed by atoms with Crippen molar-refractivity contribution in [1.29, 1.82) is 0 Å². The molecule has 0 saturated carbocycles. The number of hydrogen-bond acceptors (Lipinski definition) is 4. The molecule has 1 aliphatic heterocycles. The molecule has 5 nitrogen and oxygen atoms in total. The van der Waals surface area contributed by atoms with Crippen molar-refractivity contribution in [3.63, 3.8) is 0 Å². The first kappa shape index (κ1) is 11.5. The molecule has 1 atom stereocenters. The minimum absolute atomic E-state index is 0.559. The molecule has 5 heteroatoms. The zero-order valence-corrected chi connectivity index (χ0v) is 10.5. The summed E-state index contributed by atoms with van der Waals surface area (Å²) in [5.74, 6) is 0.924. The van der Waals surface area contributed by atoms with Gasteiger partial charge in [-0.25, -0.2) is 4.98 Å². The molecule has 0 radical (unpaired) electrons. The van der Waals surface area contributed by atoms with Gasteiger partial charge >= 0.3 is 0 Å². The van der Waals surface area contributed by atoms with Gasteiger partial charge in [0.2, 0.25) is 0 Å². The van der Waals surface area contributed by atoms with Gasteiger partial charge in [-0.05, 0) is 31.5 Å². The Labute approximate surface area is 106 Å². The third-order valence-corrected chi connectivity index (χ3v) is 3.46. The van der Waals surface area contributed by atoms with E-state index in [1.165, 1.54) is 0 Å². The number of nitrogens with zero attached hydrogens (tertiary/aromatic N) is 2. The first-order chi connectivity index (χ1) is 8.52. The highest BCUT2D eigenvalue weighted by molar-refractivity contribution is 5.78. The van der Waals surface area contributed by atoms with Crippen LogP contribution in [0, 0.1) is 0 Å². The lowest BCUT2D eigenvalue weighted by atomic mass is 10.1. The molecule has 1 fully saturated rings. The first-order valence-corrected chi connectivity index (χ1v) is 6.21. The van der Waals surface area contributed by atoms with Gasteiger partial charge in [-0.1, -0.05) is 0 Å². The summed E-state index contributed by atoms with van der Waals surface area (Å²) in [7, 11) is 0. The molecule has 3 rings (SSSR count).